The van der Waals surface area contributed by atoms with Crippen molar-refractivity contribution in [2.75, 3.05) is 12.4 Å². The van der Waals surface area contributed by atoms with E-state index in [2.05, 4.69) is 15.5 Å². The molecule has 0 fully saturated rings. The Morgan fingerprint density at radius 2 is 2.07 bits per heavy atom. The van der Waals surface area contributed by atoms with Gasteiger partial charge in [-0.15, -0.1) is 5.10 Å². The van der Waals surface area contributed by atoms with Crippen LogP contribution in [-0.4, -0.2) is 17.2 Å². The minimum Gasteiger partial charge on any atom is -0.430 e. The van der Waals surface area contributed by atoms with E-state index in [0.717, 1.165) is 11.4 Å². The van der Waals surface area contributed by atoms with Gasteiger partial charge in [-0.3, -0.25) is 0 Å². The molecule has 0 bridgehead atoms. The molecular formula is C9H9N3OS. The smallest absolute Gasteiger partial charge is 0.299 e. The fourth-order valence-corrected chi connectivity index (χ4v) is 1.42. The first-order valence-corrected chi connectivity index (χ1v) is 4.98. The Labute approximate surface area is 85.6 Å². The minimum absolute atomic E-state index is 0.558. The normalized spacial score (nSPS) is 9.79. The Kier molecular flexibility index (Phi) is 2.60. The van der Waals surface area contributed by atoms with Crippen LogP contribution < -0.4 is 10.1 Å². The third-order valence-corrected chi connectivity index (χ3v) is 2.25. The van der Waals surface area contributed by atoms with Crippen molar-refractivity contribution in [2.24, 2.45) is 0 Å². The lowest BCUT2D eigenvalue weighted by Gasteiger charge is -2.02. The van der Waals surface area contributed by atoms with Gasteiger partial charge in [0.1, 0.15) is 11.3 Å². The van der Waals surface area contributed by atoms with Gasteiger partial charge in [0.15, 0.2) is 0 Å². The molecule has 5 heteroatoms. The van der Waals surface area contributed by atoms with Crippen LogP contribution in [-0.2, 0) is 0 Å². The van der Waals surface area contributed by atoms with Gasteiger partial charge in [0, 0.05) is 12.7 Å². The highest BCUT2D eigenvalue weighted by atomic mass is 32.1. The first-order valence-electron chi connectivity index (χ1n) is 4.10. The highest BCUT2D eigenvalue weighted by Gasteiger charge is 1.99. The minimum atomic E-state index is 0.558. The zero-order valence-corrected chi connectivity index (χ0v) is 8.41. The average molecular weight is 207 g/mol. The van der Waals surface area contributed by atoms with E-state index in [0.29, 0.717) is 5.19 Å². The van der Waals surface area contributed by atoms with Crippen molar-refractivity contribution in [3.8, 4) is 10.9 Å². The zero-order valence-electron chi connectivity index (χ0n) is 7.60. The van der Waals surface area contributed by atoms with Crippen molar-refractivity contribution in [1.29, 1.82) is 0 Å². The Hall–Kier alpha value is -1.62. The van der Waals surface area contributed by atoms with E-state index in [1.165, 1.54) is 11.3 Å². The van der Waals surface area contributed by atoms with Crippen LogP contribution in [0.4, 0.5) is 5.69 Å². The summed E-state index contributed by atoms with van der Waals surface area (Å²) in [6.45, 7) is 0. The molecule has 0 atom stereocenters. The molecule has 72 valence electrons. The molecule has 0 unspecified atom stereocenters. The highest BCUT2D eigenvalue weighted by molar-refractivity contribution is 7.11. The summed E-state index contributed by atoms with van der Waals surface area (Å²) in [5.41, 5.74) is 2.69. The molecule has 2 aromatic rings. The summed E-state index contributed by atoms with van der Waals surface area (Å²) in [4.78, 5) is 0. The number of ether oxygens (including phenoxy) is 1. The number of hydrogen-bond donors (Lipinski definition) is 1. The molecule has 4 nitrogen and oxygen atoms in total. The Balaban J connectivity index is 2.10. The van der Waals surface area contributed by atoms with Crippen molar-refractivity contribution < 1.29 is 4.74 Å². The summed E-state index contributed by atoms with van der Waals surface area (Å²) in [5, 5.41) is 11.1. The van der Waals surface area contributed by atoms with Crippen molar-refractivity contribution in [2.45, 2.75) is 0 Å². The molecule has 0 aliphatic rings. The Morgan fingerprint density at radius 3 is 2.64 bits per heavy atom. The third-order valence-electron chi connectivity index (χ3n) is 1.69. The van der Waals surface area contributed by atoms with E-state index >= 15 is 0 Å². The Morgan fingerprint density at radius 1 is 1.29 bits per heavy atom. The topological polar surface area (TPSA) is 47.0 Å². The number of nitrogens with zero attached hydrogens (tertiary/aromatic N) is 2. The van der Waals surface area contributed by atoms with Gasteiger partial charge in [-0.2, -0.15) is 0 Å². The van der Waals surface area contributed by atoms with E-state index in [1.807, 2.05) is 31.3 Å². The standard InChI is InChI=1S/C9H9N3OS/c1-10-7-2-4-8(5-3-7)13-9-12-11-6-14-9/h2-6,10H,1H3. The van der Waals surface area contributed by atoms with Gasteiger partial charge in [-0.25, -0.2) is 0 Å². The van der Waals surface area contributed by atoms with E-state index in [-0.39, 0.29) is 0 Å². The van der Waals surface area contributed by atoms with Gasteiger partial charge < -0.3 is 10.1 Å². The maximum atomic E-state index is 5.43. The van der Waals surface area contributed by atoms with Gasteiger partial charge in [-0.05, 0) is 24.3 Å². The molecule has 2 rings (SSSR count). The summed E-state index contributed by atoms with van der Waals surface area (Å²) in [5.74, 6) is 0.765. The van der Waals surface area contributed by atoms with Crippen LogP contribution in [0.2, 0.25) is 0 Å². The quantitative estimate of drug-likeness (QED) is 0.839. The van der Waals surface area contributed by atoms with Crippen LogP contribution in [0, 0.1) is 0 Å². The fraction of sp³-hybridized carbons (Fsp3) is 0.111. The molecular weight excluding hydrogens is 198 g/mol. The van der Waals surface area contributed by atoms with Gasteiger partial charge in [-0.1, -0.05) is 16.4 Å². The number of rotatable bonds is 3. The van der Waals surface area contributed by atoms with Gasteiger partial charge in [0.2, 0.25) is 0 Å². The molecule has 1 aromatic heterocycles. The van der Waals surface area contributed by atoms with Crippen LogP contribution in [0.1, 0.15) is 0 Å². The predicted molar refractivity (Wildman–Crippen MR) is 56.0 cm³/mol. The second-order valence-electron chi connectivity index (χ2n) is 2.58. The monoisotopic (exact) mass is 207 g/mol. The molecule has 1 heterocycles. The van der Waals surface area contributed by atoms with E-state index in [4.69, 9.17) is 4.74 Å². The summed E-state index contributed by atoms with van der Waals surface area (Å²) in [6.07, 6.45) is 0. The van der Waals surface area contributed by atoms with Crippen LogP contribution in [0.15, 0.2) is 29.8 Å². The maximum absolute atomic E-state index is 5.43. The molecule has 1 aromatic carbocycles. The fourth-order valence-electron chi connectivity index (χ4n) is 0.998. The van der Waals surface area contributed by atoms with E-state index in [1.54, 1.807) is 5.51 Å². The molecule has 14 heavy (non-hydrogen) atoms. The van der Waals surface area contributed by atoms with E-state index < -0.39 is 0 Å². The van der Waals surface area contributed by atoms with Crippen LogP contribution in [0.5, 0.6) is 10.9 Å². The second kappa shape index (κ2) is 4.06. The van der Waals surface area contributed by atoms with Crippen molar-refractivity contribution in [3.63, 3.8) is 0 Å². The van der Waals surface area contributed by atoms with Crippen molar-refractivity contribution in [1.82, 2.24) is 10.2 Å². The lowest BCUT2D eigenvalue weighted by Crippen LogP contribution is -1.88. The molecule has 0 spiro atoms. The SMILES string of the molecule is CNc1ccc(Oc2nncs2)cc1. The van der Waals surface area contributed by atoms with Crippen molar-refractivity contribution in [3.05, 3.63) is 29.8 Å². The lowest BCUT2D eigenvalue weighted by atomic mass is 10.3. The predicted octanol–water partition coefficient (Wildman–Crippen LogP) is 2.37. The molecule has 0 radical (unpaired) electrons. The van der Waals surface area contributed by atoms with E-state index in [9.17, 15) is 0 Å². The average Bonchev–Trinajstić information content (AvgIpc) is 2.72. The molecule has 0 amide bonds. The second-order valence-corrected chi connectivity index (χ2v) is 3.38. The summed E-state index contributed by atoms with van der Waals surface area (Å²) >= 11 is 1.37. The molecule has 1 N–H and O–H groups in total. The largest absolute Gasteiger partial charge is 0.430 e. The summed E-state index contributed by atoms with van der Waals surface area (Å²) in [7, 11) is 1.88. The number of aromatic nitrogens is 2. The number of nitrogens with one attached hydrogen (secondary N) is 1. The van der Waals surface area contributed by atoms with Gasteiger partial charge in [0.05, 0.1) is 0 Å². The molecule has 0 aliphatic carbocycles. The molecule has 0 saturated heterocycles. The van der Waals surface area contributed by atoms with Crippen LogP contribution in [0.3, 0.4) is 0 Å². The first kappa shape index (κ1) is 8.96. The Bertz CT molecular complexity index is 385. The number of hydrogen-bond acceptors (Lipinski definition) is 5. The first-order chi connectivity index (χ1) is 6.88. The van der Waals surface area contributed by atoms with Gasteiger partial charge in [0.25, 0.3) is 5.19 Å². The molecule has 0 aliphatic heterocycles. The summed E-state index contributed by atoms with van der Waals surface area (Å²) < 4.78 is 5.43. The molecule has 0 saturated carbocycles. The van der Waals surface area contributed by atoms with Crippen LogP contribution in [0.25, 0.3) is 0 Å². The summed E-state index contributed by atoms with van der Waals surface area (Å²) in [6, 6.07) is 7.65. The highest BCUT2D eigenvalue weighted by Crippen LogP contribution is 2.23. The number of benzene rings is 1. The number of anilines is 1. The van der Waals surface area contributed by atoms with Crippen LogP contribution >= 0.6 is 11.3 Å². The third kappa shape index (κ3) is 2.00. The maximum Gasteiger partial charge on any atom is 0.299 e. The lowest BCUT2D eigenvalue weighted by molar-refractivity contribution is 0.473. The van der Waals surface area contributed by atoms with Gasteiger partial charge >= 0.3 is 0 Å². The van der Waals surface area contributed by atoms with Crippen molar-refractivity contribution >= 4 is 17.0 Å². The zero-order chi connectivity index (χ0) is 9.80.